The van der Waals surface area contributed by atoms with Gasteiger partial charge >= 0.3 is 11.9 Å². The summed E-state index contributed by atoms with van der Waals surface area (Å²) in [6.45, 7) is 4.16. The van der Waals surface area contributed by atoms with E-state index in [0.29, 0.717) is 17.4 Å². The van der Waals surface area contributed by atoms with E-state index < -0.39 is 32.5 Å². The lowest BCUT2D eigenvalue weighted by Crippen LogP contribution is -2.37. The molecule has 0 aliphatic rings. The zero-order chi connectivity index (χ0) is 45.0. The van der Waals surface area contributed by atoms with Crippen LogP contribution in [0.25, 0.3) is 0 Å². The number of carbonyl (C=O) groups excluding carboxylic acids is 2. The average Bonchev–Trinajstić information content (AvgIpc) is 3.21. The normalized spacial score (nSPS) is 13.7. The van der Waals surface area contributed by atoms with Crippen molar-refractivity contribution in [3.05, 3.63) is 36.5 Å². The molecule has 0 aromatic rings. The molecule has 2 atom stereocenters. The number of rotatable bonds is 46. The number of unbranched alkanes of at least 4 members (excludes halogenated alkanes) is 26. The summed E-state index contributed by atoms with van der Waals surface area (Å²) in [6.07, 6.45) is 50.9. The van der Waals surface area contributed by atoms with Crippen LogP contribution >= 0.6 is 7.82 Å². The van der Waals surface area contributed by atoms with E-state index >= 15 is 0 Å². The number of ether oxygens (including phenoxy) is 2. The van der Waals surface area contributed by atoms with Crippen molar-refractivity contribution in [1.82, 2.24) is 0 Å². The van der Waals surface area contributed by atoms with Gasteiger partial charge < -0.3 is 27.9 Å². The number of allylic oxidation sites excluding steroid dienone is 6. The van der Waals surface area contributed by atoms with Crippen molar-refractivity contribution in [3.8, 4) is 0 Å². The molecular formula is C51H96NO8P. The standard InChI is InChI=1S/C51H96NO8P/c1-6-8-10-12-14-15-16-17-18-19-20-21-22-23-24-25-26-27-28-29-30-31-32-33-34-35-36-37-38-40-42-44-51(54)60-49(47-57-50(53)43-41-39-13-11-9-7-2)48-59-61(55,56)58-46-45-52(3,4)5/h16-17,19-20,22-23,49H,6-15,18,21,24-48H2,1-5H3/b17-16-,20-19-,23-22-. The zero-order valence-electron chi connectivity index (χ0n) is 40.4. The van der Waals surface area contributed by atoms with Crippen LogP contribution in [0, 0.1) is 0 Å². The van der Waals surface area contributed by atoms with Crippen LogP contribution in [0.2, 0.25) is 0 Å². The molecule has 0 aliphatic heterocycles. The Kier molecular flexibility index (Phi) is 42.2. The third-order valence-electron chi connectivity index (χ3n) is 10.9. The van der Waals surface area contributed by atoms with Crippen LogP contribution in [0.3, 0.4) is 0 Å². The van der Waals surface area contributed by atoms with Gasteiger partial charge in [0, 0.05) is 12.8 Å². The van der Waals surface area contributed by atoms with Crippen molar-refractivity contribution in [2.45, 2.75) is 232 Å². The van der Waals surface area contributed by atoms with Crippen LogP contribution < -0.4 is 4.89 Å². The first kappa shape index (κ1) is 59.2. The van der Waals surface area contributed by atoms with Gasteiger partial charge in [-0.1, -0.05) is 198 Å². The quantitative estimate of drug-likeness (QED) is 0.0195. The fourth-order valence-corrected chi connectivity index (χ4v) is 7.69. The molecule has 0 aliphatic carbocycles. The second-order valence-electron chi connectivity index (χ2n) is 18.2. The summed E-state index contributed by atoms with van der Waals surface area (Å²) >= 11 is 0. The van der Waals surface area contributed by atoms with E-state index in [1.54, 1.807) is 0 Å². The number of phosphoric ester groups is 1. The Balaban J connectivity index is 3.93. The molecule has 0 heterocycles. The number of nitrogens with zero attached hydrogens (tertiary/aromatic N) is 1. The fraction of sp³-hybridized carbons (Fsp3) is 0.843. The molecule has 358 valence electrons. The van der Waals surface area contributed by atoms with Crippen LogP contribution in [0.15, 0.2) is 36.5 Å². The van der Waals surface area contributed by atoms with Crippen molar-refractivity contribution < 1.29 is 42.1 Å². The summed E-state index contributed by atoms with van der Waals surface area (Å²) in [4.78, 5) is 37.3. The molecule has 0 saturated heterocycles. The Morgan fingerprint density at radius 2 is 0.885 bits per heavy atom. The maximum absolute atomic E-state index is 12.7. The smallest absolute Gasteiger partial charge is 0.306 e. The molecule has 0 bridgehead atoms. The minimum absolute atomic E-state index is 0.0294. The highest BCUT2D eigenvalue weighted by atomic mass is 31.2. The number of quaternary nitrogens is 1. The molecule has 0 spiro atoms. The molecule has 0 saturated carbocycles. The third kappa shape index (κ3) is 47.5. The highest BCUT2D eigenvalue weighted by molar-refractivity contribution is 7.45. The van der Waals surface area contributed by atoms with Gasteiger partial charge in [0.25, 0.3) is 7.82 Å². The average molecular weight is 882 g/mol. The van der Waals surface area contributed by atoms with E-state index in [0.717, 1.165) is 57.8 Å². The topological polar surface area (TPSA) is 111 Å². The second-order valence-corrected chi connectivity index (χ2v) is 19.6. The summed E-state index contributed by atoms with van der Waals surface area (Å²) in [7, 11) is 1.17. The van der Waals surface area contributed by atoms with E-state index in [1.165, 1.54) is 135 Å². The molecular weight excluding hydrogens is 786 g/mol. The Labute approximate surface area is 376 Å². The van der Waals surface area contributed by atoms with Gasteiger partial charge in [-0.15, -0.1) is 0 Å². The molecule has 0 fully saturated rings. The molecule has 0 aromatic carbocycles. The van der Waals surface area contributed by atoms with Crippen molar-refractivity contribution in [2.24, 2.45) is 0 Å². The summed E-state index contributed by atoms with van der Waals surface area (Å²) < 4.78 is 33.8. The van der Waals surface area contributed by atoms with Gasteiger partial charge in [-0.25, -0.2) is 0 Å². The molecule has 0 aromatic heterocycles. The molecule has 0 radical (unpaired) electrons. The van der Waals surface area contributed by atoms with Crippen molar-refractivity contribution in [2.75, 3.05) is 47.5 Å². The van der Waals surface area contributed by atoms with Crippen molar-refractivity contribution in [3.63, 3.8) is 0 Å². The van der Waals surface area contributed by atoms with Gasteiger partial charge in [0.1, 0.15) is 19.8 Å². The molecule has 10 heteroatoms. The summed E-state index contributed by atoms with van der Waals surface area (Å²) in [5.41, 5.74) is 0. The predicted octanol–water partition coefficient (Wildman–Crippen LogP) is 14.2. The van der Waals surface area contributed by atoms with Gasteiger partial charge in [-0.2, -0.15) is 0 Å². The number of hydrogen-bond acceptors (Lipinski definition) is 8. The monoisotopic (exact) mass is 882 g/mol. The number of carbonyl (C=O) groups is 2. The first-order chi connectivity index (χ1) is 29.5. The molecule has 9 nitrogen and oxygen atoms in total. The molecule has 61 heavy (non-hydrogen) atoms. The summed E-state index contributed by atoms with van der Waals surface area (Å²) in [5.74, 6) is -0.838. The largest absolute Gasteiger partial charge is 0.756 e. The second kappa shape index (κ2) is 43.5. The van der Waals surface area contributed by atoms with E-state index in [9.17, 15) is 19.0 Å². The maximum Gasteiger partial charge on any atom is 0.306 e. The minimum Gasteiger partial charge on any atom is -0.756 e. The zero-order valence-corrected chi connectivity index (χ0v) is 41.3. The van der Waals surface area contributed by atoms with Gasteiger partial charge in [0.2, 0.25) is 0 Å². The maximum atomic E-state index is 12.7. The van der Waals surface area contributed by atoms with E-state index in [4.69, 9.17) is 18.5 Å². The highest BCUT2D eigenvalue weighted by Crippen LogP contribution is 2.38. The van der Waals surface area contributed by atoms with Crippen molar-refractivity contribution >= 4 is 19.8 Å². The third-order valence-corrected chi connectivity index (χ3v) is 11.9. The molecule has 2 unspecified atom stereocenters. The number of hydrogen-bond donors (Lipinski definition) is 0. The first-order valence-electron chi connectivity index (χ1n) is 25.2. The van der Waals surface area contributed by atoms with Gasteiger partial charge in [0.15, 0.2) is 6.10 Å². The minimum atomic E-state index is -4.62. The Morgan fingerprint density at radius 1 is 0.508 bits per heavy atom. The fourth-order valence-electron chi connectivity index (χ4n) is 6.96. The molecule has 0 rings (SSSR count). The summed E-state index contributed by atoms with van der Waals surface area (Å²) in [6, 6.07) is 0. The summed E-state index contributed by atoms with van der Waals surface area (Å²) in [5, 5.41) is 0. The van der Waals surface area contributed by atoms with E-state index in [1.807, 2.05) is 21.1 Å². The van der Waals surface area contributed by atoms with Crippen LogP contribution in [0.4, 0.5) is 0 Å². The van der Waals surface area contributed by atoms with Gasteiger partial charge in [-0.3, -0.25) is 14.2 Å². The van der Waals surface area contributed by atoms with Crippen LogP contribution in [-0.2, 0) is 32.7 Å². The van der Waals surface area contributed by atoms with Crippen LogP contribution in [0.1, 0.15) is 226 Å². The Morgan fingerprint density at radius 3 is 1.31 bits per heavy atom. The van der Waals surface area contributed by atoms with Crippen LogP contribution in [-0.4, -0.2) is 70.0 Å². The number of likely N-dealkylation sites (N-methyl/N-ethyl adjacent to an activating group) is 1. The van der Waals surface area contributed by atoms with Crippen LogP contribution in [0.5, 0.6) is 0 Å². The van der Waals surface area contributed by atoms with Crippen molar-refractivity contribution in [1.29, 1.82) is 0 Å². The van der Waals surface area contributed by atoms with Gasteiger partial charge in [0.05, 0.1) is 27.7 Å². The Hall–Kier alpha value is -1.77. The number of phosphoric acid groups is 1. The Bertz CT molecular complexity index is 1130. The highest BCUT2D eigenvalue weighted by Gasteiger charge is 2.21. The van der Waals surface area contributed by atoms with E-state index in [2.05, 4.69) is 50.3 Å². The SMILES string of the molecule is CCCCCCC/C=C\C/C=C\C/C=C\CCCCCCCCCCCCCCCCCCC(=O)OC(COC(=O)CCCCCCCC)COP(=O)([O-])OCC[N+](C)(C)C. The predicted molar refractivity (Wildman–Crippen MR) is 254 cm³/mol. The lowest BCUT2D eigenvalue weighted by Gasteiger charge is -2.28. The molecule has 0 N–H and O–H groups in total. The molecule has 0 amide bonds. The van der Waals surface area contributed by atoms with Gasteiger partial charge in [-0.05, 0) is 51.4 Å². The lowest BCUT2D eigenvalue weighted by atomic mass is 10.0. The number of esters is 2. The van der Waals surface area contributed by atoms with E-state index in [-0.39, 0.29) is 26.1 Å². The first-order valence-corrected chi connectivity index (χ1v) is 26.7. The lowest BCUT2D eigenvalue weighted by molar-refractivity contribution is -0.870.